The van der Waals surface area contributed by atoms with E-state index in [1.807, 2.05) is 17.7 Å². The second-order valence-electron chi connectivity index (χ2n) is 10.2. The Labute approximate surface area is 174 Å². The Kier molecular flexibility index (Phi) is 4.96. The number of aromatic nitrogens is 3. The number of hydrogen-bond donors (Lipinski definition) is 1. The van der Waals surface area contributed by atoms with Crippen LogP contribution in [0.25, 0.3) is 11.0 Å². The maximum absolute atomic E-state index is 13.4. The Hall–Kier alpha value is -1.95. The summed E-state index contributed by atoms with van der Waals surface area (Å²) in [5, 5.41) is 8.94. The van der Waals surface area contributed by atoms with Crippen LogP contribution in [0, 0.1) is 6.92 Å². The molecule has 0 radical (unpaired) electrons. The summed E-state index contributed by atoms with van der Waals surface area (Å²) < 4.78 is 1.98. The summed E-state index contributed by atoms with van der Waals surface area (Å²) in [6.07, 6.45) is 7.06. The van der Waals surface area contributed by atoms with E-state index in [1.54, 1.807) is 0 Å². The molecule has 2 saturated carbocycles. The minimum Gasteiger partial charge on any atom is -0.350 e. The molecule has 0 saturated heterocycles. The molecule has 2 fully saturated rings. The molecule has 0 aliphatic heterocycles. The second kappa shape index (κ2) is 7.08. The Bertz CT molecular complexity index is 927. The fourth-order valence-electron chi connectivity index (χ4n) is 4.70. The number of pyridine rings is 1. The number of aryl methyl sites for hydroxylation is 1. The Morgan fingerprint density at radius 1 is 1.28 bits per heavy atom. The number of nitrogens with one attached hydrogen (secondary N) is 1. The molecule has 6 nitrogen and oxygen atoms in total. The normalized spacial score (nSPS) is 19.3. The molecule has 0 atom stereocenters. The highest BCUT2D eigenvalue weighted by Crippen LogP contribution is 2.41. The van der Waals surface area contributed by atoms with Crippen molar-refractivity contribution in [3.63, 3.8) is 0 Å². The lowest BCUT2D eigenvalue weighted by molar-refractivity contribution is 0.0901. The van der Waals surface area contributed by atoms with Crippen LogP contribution >= 0.6 is 0 Å². The largest absolute Gasteiger partial charge is 0.350 e. The molecule has 4 rings (SSSR count). The van der Waals surface area contributed by atoms with E-state index in [-0.39, 0.29) is 17.0 Å². The zero-order chi connectivity index (χ0) is 21.0. The quantitative estimate of drug-likeness (QED) is 0.829. The van der Waals surface area contributed by atoms with Crippen molar-refractivity contribution >= 4 is 16.9 Å². The van der Waals surface area contributed by atoms with E-state index >= 15 is 0 Å². The van der Waals surface area contributed by atoms with E-state index in [9.17, 15) is 4.79 Å². The number of likely N-dealkylation sites (N-methyl/N-ethyl adjacent to an activating group) is 1. The van der Waals surface area contributed by atoms with Gasteiger partial charge in [-0.05, 0) is 73.5 Å². The highest BCUT2D eigenvalue weighted by molar-refractivity contribution is 6.06. The molecule has 0 aromatic carbocycles. The van der Waals surface area contributed by atoms with Crippen LogP contribution in [0.4, 0.5) is 0 Å². The van der Waals surface area contributed by atoms with E-state index in [1.165, 1.54) is 12.8 Å². The van der Waals surface area contributed by atoms with Crippen molar-refractivity contribution in [1.29, 1.82) is 0 Å². The third-order valence-electron chi connectivity index (χ3n) is 6.77. The van der Waals surface area contributed by atoms with Gasteiger partial charge in [0.2, 0.25) is 0 Å². The highest BCUT2D eigenvalue weighted by Gasteiger charge is 2.37. The lowest BCUT2D eigenvalue weighted by Crippen LogP contribution is -2.50. The molecule has 1 amide bonds. The fourth-order valence-corrected chi connectivity index (χ4v) is 4.70. The third-order valence-corrected chi connectivity index (χ3v) is 6.77. The van der Waals surface area contributed by atoms with Crippen LogP contribution in [0.5, 0.6) is 0 Å². The van der Waals surface area contributed by atoms with Gasteiger partial charge in [0.05, 0.1) is 22.2 Å². The molecule has 2 aliphatic rings. The number of carbonyl (C=O) groups excluding carboxylic acids is 1. The van der Waals surface area contributed by atoms with Gasteiger partial charge in [-0.3, -0.25) is 4.79 Å². The molecule has 2 aromatic rings. The van der Waals surface area contributed by atoms with Gasteiger partial charge in [0.25, 0.3) is 5.91 Å². The van der Waals surface area contributed by atoms with Crippen LogP contribution in [0.15, 0.2) is 6.07 Å². The molecule has 29 heavy (non-hydrogen) atoms. The number of hydrogen-bond acceptors (Lipinski definition) is 4. The van der Waals surface area contributed by atoms with Crippen LogP contribution in [0.3, 0.4) is 0 Å². The topological polar surface area (TPSA) is 63.1 Å². The van der Waals surface area contributed by atoms with Crippen molar-refractivity contribution in [3.8, 4) is 0 Å². The second-order valence-corrected chi connectivity index (χ2v) is 10.2. The van der Waals surface area contributed by atoms with Crippen LogP contribution in [-0.2, 0) is 5.54 Å². The smallest absolute Gasteiger partial charge is 0.252 e. The van der Waals surface area contributed by atoms with Crippen LogP contribution < -0.4 is 5.32 Å². The SMILES string of the molecule is Cc1nn(C(C)(C)C)c2nc(C3CC3)cc(C(=O)NCC3(N(C)C)CCCC3)c12. The zero-order valence-corrected chi connectivity index (χ0v) is 18.8. The van der Waals surface area contributed by atoms with Gasteiger partial charge in [-0.1, -0.05) is 12.8 Å². The first kappa shape index (κ1) is 20.3. The molecule has 0 bridgehead atoms. The maximum Gasteiger partial charge on any atom is 0.252 e. The standard InChI is InChI=1S/C23H35N5O/c1-15-19-17(21(29)24-14-23(27(5)6)11-7-8-12-23)13-18(16-9-10-16)25-20(19)28(26-15)22(2,3)4/h13,16H,7-12,14H2,1-6H3,(H,24,29). The van der Waals surface area contributed by atoms with Crippen molar-refractivity contribution in [1.82, 2.24) is 25.0 Å². The van der Waals surface area contributed by atoms with Gasteiger partial charge < -0.3 is 10.2 Å². The lowest BCUT2D eigenvalue weighted by Gasteiger charge is -2.36. The minimum atomic E-state index is -0.186. The Balaban J connectivity index is 1.72. The summed E-state index contributed by atoms with van der Waals surface area (Å²) in [7, 11) is 4.26. The van der Waals surface area contributed by atoms with Crippen molar-refractivity contribution in [2.24, 2.45) is 0 Å². The number of nitrogens with zero attached hydrogens (tertiary/aromatic N) is 4. The number of amides is 1. The van der Waals surface area contributed by atoms with Gasteiger partial charge in [0, 0.05) is 23.7 Å². The summed E-state index contributed by atoms with van der Waals surface area (Å²) in [5.41, 5.74) is 3.37. The monoisotopic (exact) mass is 397 g/mol. The van der Waals surface area contributed by atoms with E-state index in [0.717, 1.165) is 53.7 Å². The summed E-state index contributed by atoms with van der Waals surface area (Å²) >= 11 is 0. The van der Waals surface area contributed by atoms with Gasteiger partial charge in [0.1, 0.15) is 0 Å². The number of fused-ring (bicyclic) bond motifs is 1. The van der Waals surface area contributed by atoms with Gasteiger partial charge >= 0.3 is 0 Å². The van der Waals surface area contributed by atoms with Gasteiger partial charge in [-0.25, -0.2) is 9.67 Å². The lowest BCUT2D eigenvalue weighted by atomic mass is 9.95. The molecule has 1 N–H and O–H groups in total. The molecule has 6 heteroatoms. The predicted molar refractivity (Wildman–Crippen MR) is 116 cm³/mol. The Morgan fingerprint density at radius 3 is 2.48 bits per heavy atom. The van der Waals surface area contributed by atoms with E-state index in [0.29, 0.717) is 12.5 Å². The first-order valence-corrected chi connectivity index (χ1v) is 11.0. The van der Waals surface area contributed by atoms with E-state index < -0.39 is 0 Å². The molecule has 0 spiro atoms. The molecule has 2 aliphatic carbocycles. The summed E-state index contributed by atoms with van der Waals surface area (Å²) in [5.74, 6) is 0.488. The zero-order valence-electron chi connectivity index (χ0n) is 18.8. The molecule has 2 heterocycles. The highest BCUT2D eigenvalue weighted by atomic mass is 16.1. The maximum atomic E-state index is 13.4. The molecular formula is C23H35N5O. The third kappa shape index (κ3) is 3.67. The van der Waals surface area contributed by atoms with Crippen molar-refractivity contribution < 1.29 is 4.79 Å². The summed E-state index contributed by atoms with van der Waals surface area (Å²) in [6, 6.07) is 2.02. The van der Waals surface area contributed by atoms with Gasteiger partial charge in [-0.15, -0.1) is 0 Å². The van der Waals surface area contributed by atoms with Crippen LogP contribution in [0.1, 0.15) is 87.0 Å². The average Bonchev–Trinajstić information content (AvgIpc) is 3.29. The van der Waals surface area contributed by atoms with Crippen molar-refractivity contribution in [2.45, 2.75) is 83.2 Å². The van der Waals surface area contributed by atoms with Crippen LogP contribution in [-0.4, -0.2) is 51.8 Å². The Morgan fingerprint density at radius 2 is 1.93 bits per heavy atom. The predicted octanol–water partition coefficient (Wildman–Crippen LogP) is 3.98. The fraction of sp³-hybridized carbons (Fsp3) is 0.696. The van der Waals surface area contributed by atoms with Gasteiger partial charge in [-0.2, -0.15) is 5.10 Å². The number of carbonyl (C=O) groups is 1. The molecule has 2 aromatic heterocycles. The summed E-state index contributed by atoms with van der Waals surface area (Å²) in [4.78, 5) is 20.6. The first-order chi connectivity index (χ1) is 13.6. The molecule has 158 valence electrons. The first-order valence-electron chi connectivity index (χ1n) is 11.0. The van der Waals surface area contributed by atoms with E-state index in [2.05, 4.69) is 45.1 Å². The molecule has 0 unspecified atom stereocenters. The molecular weight excluding hydrogens is 362 g/mol. The minimum absolute atomic E-state index is 0.00369. The van der Waals surface area contributed by atoms with Crippen LogP contribution in [0.2, 0.25) is 0 Å². The summed E-state index contributed by atoms with van der Waals surface area (Å²) in [6.45, 7) is 9.06. The van der Waals surface area contributed by atoms with Gasteiger partial charge in [0.15, 0.2) is 5.65 Å². The van der Waals surface area contributed by atoms with Crippen molar-refractivity contribution in [3.05, 3.63) is 23.0 Å². The van der Waals surface area contributed by atoms with E-state index in [4.69, 9.17) is 10.1 Å². The average molecular weight is 398 g/mol. The van der Waals surface area contributed by atoms with Crippen molar-refractivity contribution in [2.75, 3.05) is 20.6 Å². The number of rotatable bonds is 5.